The van der Waals surface area contributed by atoms with Crippen LogP contribution >= 0.6 is 23.4 Å². The number of hydrogen-bond donors (Lipinski definition) is 2. The quantitative estimate of drug-likeness (QED) is 0.407. The van der Waals surface area contributed by atoms with Crippen molar-refractivity contribution in [3.8, 4) is 0 Å². The lowest BCUT2D eigenvalue weighted by atomic mass is 10.1. The van der Waals surface area contributed by atoms with Gasteiger partial charge in [0.05, 0.1) is 17.7 Å². The number of nitrogen functional groups attached to an aromatic ring is 1. The molecule has 0 fully saturated rings. The summed E-state index contributed by atoms with van der Waals surface area (Å²) in [6, 6.07) is 13.8. The summed E-state index contributed by atoms with van der Waals surface area (Å²) in [6.07, 6.45) is 7.57. The Morgan fingerprint density at radius 3 is 2.71 bits per heavy atom. The minimum absolute atomic E-state index is 0.131. The van der Waals surface area contributed by atoms with Gasteiger partial charge in [-0.3, -0.25) is 4.79 Å². The molecular weight excluding hydrogens is 392 g/mol. The molecule has 1 atom stereocenters. The summed E-state index contributed by atoms with van der Waals surface area (Å²) in [4.78, 5) is 16.5. The van der Waals surface area contributed by atoms with Crippen molar-refractivity contribution in [3.63, 3.8) is 0 Å². The number of carbonyl (C=O) groups is 1. The van der Waals surface area contributed by atoms with Crippen LogP contribution in [0.5, 0.6) is 0 Å². The molecule has 1 amide bonds. The van der Waals surface area contributed by atoms with Crippen LogP contribution in [0.1, 0.15) is 18.9 Å². The van der Waals surface area contributed by atoms with Gasteiger partial charge in [0, 0.05) is 41.0 Å². The molecular formula is C21H23ClN4OS. The molecule has 3 N–H and O–H groups in total. The maximum atomic E-state index is 11.3. The summed E-state index contributed by atoms with van der Waals surface area (Å²) < 4.78 is 2.09. The lowest BCUT2D eigenvalue weighted by Gasteiger charge is -2.18. The summed E-state index contributed by atoms with van der Waals surface area (Å²) in [5, 5.41) is 3.84. The van der Waals surface area contributed by atoms with Crippen molar-refractivity contribution in [2.24, 2.45) is 0 Å². The van der Waals surface area contributed by atoms with Gasteiger partial charge in [0.25, 0.3) is 0 Å². The van der Waals surface area contributed by atoms with Gasteiger partial charge in [0.15, 0.2) is 0 Å². The van der Waals surface area contributed by atoms with Crippen molar-refractivity contribution in [1.82, 2.24) is 9.55 Å². The fourth-order valence-electron chi connectivity index (χ4n) is 2.91. The van der Waals surface area contributed by atoms with Crippen LogP contribution in [0.25, 0.3) is 0 Å². The summed E-state index contributed by atoms with van der Waals surface area (Å²) in [5.74, 6) is -0.131. The van der Waals surface area contributed by atoms with E-state index in [-0.39, 0.29) is 5.91 Å². The molecule has 0 aliphatic heterocycles. The number of nitrogens with two attached hydrogens (primary N) is 1. The Morgan fingerprint density at radius 2 is 2.07 bits per heavy atom. The molecule has 1 unspecified atom stereocenters. The number of nitrogens with zero attached hydrogens (tertiary/aromatic N) is 2. The van der Waals surface area contributed by atoms with Gasteiger partial charge in [-0.2, -0.15) is 0 Å². The Hall–Kier alpha value is -2.44. The highest BCUT2D eigenvalue weighted by molar-refractivity contribution is 8.00. The number of amides is 1. The number of rotatable bonds is 8. The van der Waals surface area contributed by atoms with Gasteiger partial charge in [0.2, 0.25) is 5.91 Å². The predicted molar refractivity (Wildman–Crippen MR) is 117 cm³/mol. The third kappa shape index (κ3) is 6.04. The molecule has 0 radical (unpaired) electrons. The Morgan fingerprint density at radius 1 is 1.29 bits per heavy atom. The predicted octanol–water partition coefficient (Wildman–Crippen LogP) is 4.87. The summed E-state index contributed by atoms with van der Waals surface area (Å²) in [6.45, 7) is 2.33. The maximum Gasteiger partial charge on any atom is 0.221 e. The number of nitrogens with one attached hydrogen (secondary N) is 1. The number of anilines is 2. The van der Waals surface area contributed by atoms with E-state index in [0.717, 1.165) is 29.3 Å². The molecule has 0 aliphatic carbocycles. The normalized spacial score (nSPS) is 11.9. The van der Waals surface area contributed by atoms with Crippen LogP contribution in [0, 0.1) is 0 Å². The average molecular weight is 415 g/mol. The first kappa shape index (κ1) is 20.3. The van der Waals surface area contributed by atoms with Crippen molar-refractivity contribution in [1.29, 1.82) is 0 Å². The van der Waals surface area contributed by atoms with E-state index in [0.29, 0.717) is 16.6 Å². The topological polar surface area (TPSA) is 72.9 Å². The molecule has 0 saturated carbocycles. The second-order valence-corrected chi connectivity index (χ2v) is 8.40. The van der Waals surface area contributed by atoms with E-state index in [2.05, 4.69) is 27.0 Å². The zero-order chi connectivity index (χ0) is 19.9. The van der Waals surface area contributed by atoms with Gasteiger partial charge >= 0.3 is 0 Å². The molecule has 0 spiro atoms. The van der Waals surface area contributed by atoms with Gasteiger partial charge in [0.1, 0.15) is 0 Å². The number of aromatic nitrogens is 2. The van der Waals surface area contributed by atoms with Crippen molar-refractivity contribution >= 4 is 40.6 Å². The zero-order valence-corrected chi connectivity index (χ0v) is 17.2. The van der Waals surface area contributed by atoms with Crippen LogP contribution in [0.4, 0.5) is 11.4 Å². The fourth-order valence-corrected chi connectivity index (χ4v) is 4.24. The van der Waals surface area contributed by atoms with Crippen LogP contribution in [-0.2, 0) is 17.8 Å². The van der Waals surface area contributed by atoms with Gasteiger partial charge < -0.3 is 15.6 Å². The zero-order valence-electron chi connectivity index (χ0n) is 15.6. The van der Waals surface area contributed by atoms with E-state index in [9.17, 15) is 4.79 Å². The molecule has 3 aromatic rings. The van der Waals surface area contributed by atoms with Gasteiger partial charge in [-0.25, -0.2) is 4.98 Å². The van der Waals surface area contributed by atoms with E-state index in [1.165, 1.54) is 12.5 Å². The van der Waals surface area contributed by atoms with Crippen LogP contribution in [0.2, 0.25) is 5.02 Å². The molecule has 146 valence electrons. The molecule has 3 rings (SSSR count). The summed E-state index contributed by atoms with van der Waals surface area (Å²) in [7, 11) is 0. The Kier molecular flexibility index (Phi) is 7.01. The molecule has 0 bridgehead atoms. The lowest BCUT2D eigenvalue weighted by Crippen LogP contribution is -2.13. The highest BCUT2D eigenvalue weighted by Gasteiger charge is 2.13. The van der Waals surface area contributed by atoms with Crippen LogP contribution in [0.3, 0.4) is 0 Å². The summed E-state index contributed by atoms with van der Waals surface area (Å²) in [5.41, 5.74) is 8.58. The minimum Gasteiger partial charge on any atom is -0.397 e. The van der Waals surface area contributed by atoms with Crippen molar-refractivity contribution < 1.29 is 4.79 Å². The number of carbonyl (C=O) groups excluding carboxylic acids is 1. The average Bonchev–Trinajstić information content (AvgIpc) is 3.16. The Balaban J connectivity index is 1.70. The first-order valence-corrected chi connectivity index (χ1v) is 10.3. The van der Waals surface area contributed by atoms with E-state index < -0.39 is 0 Å². The third-order valence-electron chi connectivity index (χ3n) is 4.28. The molecule has 0 aliphatic rings. The van der Waals surface area contributed by atoms with Gasteiger partial charge in [-0.05, 0) is 48.7 Å². The molecule has 2 aromatic carbocycles. The van der Waals surface area contributed by atoms with Crippen molar-refractivity contribution in [2.75, 3.05) is 11.1 Å². The second kappa shape index (κ2) is 9.66. The van der Waals surface area contributed by atoms with Crippen LogP contribution in [-0.4, -0.2) is 20.7 Å². The highest BCUT2D eigenvalue weighted by Crippen LogP contribution is 2.32. The van der Waals surface area contributed by atoms with Crippen LogP contribution < -0.4 is 11.1 Å². The van der Waals surface area contributed by atoms with Crippen molar-refractivity contribution in [2.45, 2.75) is 36.5 Å². The first-order valence-electron chi connectivity index (χ1n) is 9.03. The Labute approximate surface area is 174 Å². The smallest absolute Gasteiger partial charge is 0.221 e. The molecule has 28 heavy (non-hydrogen) atoms. The number of hydrogen-bond acceptors (Lipinski definition) is 4. The van der Waals surface area contributed by atoms with Crippen LogP contribution in [0.15, 0.2) is 66.1 Å². The second-order valence-electron chi connectivity index (χ2n) is 6.59. The molecule has 1 heterocycles. The summed E-state index contributed by atoms with van der Waals surface area (Å²) >= 11 is 7.77. The van der Waals surface area contributed by atoms with Gasteiger partial charge in [-0.15, -0.1) is 11.8 Å². The van der Waals surface area contributed by atoms with Gasteiger partial charge in [-0.1, -0.05) is 23.7 Å². The Bertz CT molecular complexity index is 913. The standard InChI is InChI=1S/C21H23ClN4OS/c1-15(27)25-21-9-8-18(12-20(21)23)28-19(13-26-11-10-24-14-26)7-4-16-2-5-17(22)6-3-16/h2-3,5-6,8-12,14,19H,4,7,13,23H2,1H3,(H,25,27). The molecule has 5 nitrogen and oxygen atoms in total. The third-order valence-corrected chi connectivity index (χ3v) is 5.77. The maximum absolute atomic E-state index is 11.3. The molecule has 1 aromatic heterocycles. The number of halogens is 1. The number of thioether (sulfide) groups is 1. The van der Waals surface area contributed by atoms with Crippen molar-refractivity contribution in [3.05, 3.63) is 71.8 Å². The SMILES string of the molecule is CC(=O)Nc1ccc(SC(CCc2ccc(Cl)cc2)Cn2ccnc2)cc1N. The number of benzene rings is 2. The largest absolute Gasteiger partial charge is 0.397 e. The van der Waals surface area contributed by atoms with E-state index in [4.69, 9.17) is 17.3 Å². The van der Waals surface area contributed by atoms with E-state index >= 15 is 0 Å². The lowest BCUT2D eigenvalue weighted by molar-refractivity contribution is -0.114. The minimum atomic E-state index is -0.131. The molecule has 0 saturated heterocycles. The monoisotopic (exact) mass is 414 g/mol. The molecule has 7 heteroatoms. The number of aryl methyl sites for hydroxylation is 1. The number of imidazole rings is 1. The fraction of sp³-hybridized carbons (Fsp3) is 0.238. The highest BCUT2D eigenvalue weighted by atomic mass is 35.5. The van der Waals surface area contributed by atoms with E-state index in [1.54, 1.807) is 18.0 Å². The van der Waals surface area contributed by atoms with E-state index in [1.807, 2.05) is 42.9 Å². The first-order chi connectivity index (χ1) is 13.5.